The van der Waals surface area contributed by atoms with Crippen LogP contribution in [0.25, 0.3) is 0 Å². The SMILES string of the molecule is CCN(c1cccc(C)c1)c1cc(C(=O)Nc2ccc(C(=O)OC)cc2)ccn1. The lowest BCUT2D eigenvalue weighted by Gasteiger charge is -2.23. The number of aromatic nitrogens is 1. The molecule has 0 spiro atoms. The van der Waals surface area contributed by atoms with Crippen molar-refractivity contribution < 1.29 is 14.3 Å². The van der Waals surface area contributed by atoms with Crippen molar-refractivity contribution in [1.29, 1.82) is 0 Å². The standard InChI is InChI=1S/C23H23N3O3/c1-4-26(20-7-5-6-16(2)14-20)21-15-18(12-13-24-21)22(27)25-19-10-8-17(9-11-19)23(28)29-3/h5-15H,4H2,1-3H3,(H,25,27). The number of hydrogen-bond donors (Lipinski definition) is 1. The second kappa shape index (κ2) is 9.01. The highest BCUT2D eigenvalue weighted by Crippen LogP contribution is 2.25. The molecule has 6 nitrogen and oxygen atoms in total. The second-order valence-corrected chi connectivity index (χ2v) is 6.51. The Morgan fingerprint density at radius 3 is 2.45 bits per heavy atom. The fraction of sp³-hybridized carbons (Fsp3) is 0.174. The van der Waals surface area contributed by atoms with Gasteiger partial charge in [0.15, 0.2) is 0 Å². The second-order valence-electron chi connectivity index (χ2n) is 6.51. The Bertz CT molecular complexity index is 1020. The maximum atomic E-state index is 12.7. The number of hydrogen-bond acceptors (Lipinski definition) is 5. The molecule has 29 heavy (non-hydrogen) atoms. The lowest BCUT2D eigenvalue weighted by molar-refractivity contribution is 0.0600. The molecule has 3 rings (SSSR count). The van der Waals surface area contributed by atoms with Gasteiger partial charge in [0.05, 0.1) is 12.7 Å². The lowest BCUT2D eigenvalue weighted by Crippen LogP contribution is -2.19. The molecule has 0 bridgehead atoms. The Morgan fingerprint density at radius 1 is 1.03 bits per heavy atom. The molecule has 6 heteroatoms. The number of nitrogens with one attached hydrogen (secondary N) is 1. The zero-order chi connectivity index (χ0) is 20.8. The van der Waals surface area contributed by atoms with E-state index in [9.17, 15) is 9.59 Å². The number of pyridine rings is 1. The van der Waals surface area contributed by atoms with E-state index in [1.165, 1.54) is 7.11 Å². The number of nitrogens with zero attached hydrogens (tertiary/aromatic N) is 2. The van der Waals surface area contributed by atoms with E-state index < -0.39 is 5.97 Å². The molecule has 1 aromatic heterocycles. The maximum absolute atomic E-state index is 12.7. The highest BCUT2D eigenvalue weighted by Gasteiger charge is 2.13. The van der Waals surface area contributed by atoms with Gasteiger partial charge in [-0.25, -0.2) is 9.78 Å². The van der Waals surface area contributed by atoms with Gasteiger partial charge in [-0.05, 0) is 67.9 Å². The highest BCUT2D eigenvalue weighted by atomic mass is 16.5. The first-order chi connectivity index (χ1) is 14.0. The normalized spacial score (nSPS) is 10.3. The summed E-state index contributed by atoms with van der Waals surface area (Å²) in [6.45, 7) is 4.80. The van der Waals surface area contributed by atoms with E-state index in [1.807, 2.05) is 32.0 Å². The molecule has 0 fully saturated rings. The van der Waals surface area contributed by atoms with Crippen LogP contribution in [-0.2, 0) is 4.74 Å². The summed E-state index contributed by atoms with van der Waals surface area (Å²) in [6, 6.07) is 18.1. The van der Waals surface area contributed by atoms with Gasteiger partial charge in [0.1, 0.15) is 5.82 Å². The minimum Gasteiger partial charge on any atom is -0.465 e. The zero-order valence-corrected chi connectivity index (χ0v) is 16.7. The smallest absolute Gasteiger partial charge is 0.337 e. The minimum atomic E-state index is -0.419. The van der Waals surface area contributed by atoms with Crippen molar-refractivity contribution in [3.63, 3.8) is 0 Å². The third-order valence-corrected chi connectivity index (χ3v) is 4.48. The van der Waals surface area contributed by atoms with E-state index >= 15 is 0 Å². The van der Waals surface area contributed by atoms with Crippen LogP contribution in [0.3, 0.4) is 0 Å². The van der Waals surface area contributed by atoms with E-state index in [0.717, 1.165) is 17.8 Å². The predicted octanol–water partition coefficient (Wildman–Crippen LogP) is 4.59. The fourth-order valence-electron chi connectivity index (χ4n) is 2.99. The summed E-state index contributed by atoms with van der Waals surface area (Å²) in [5, 5.41) is 2.84. The van der Waals surface area contributed by atoms with Crippen molar-refractivity contribution in [3.8, 4) is 0 Å². The van der Waals surface area contributed by atoms with E-state index in [0.29, 0.717) is 22.6 Å². The van der Waals surface area contributed by atoms with Crippen molar-refractivity contribution >= 4 is 29.1 Å². The largest absolute Gasteiger partial charge is 0.465 e. The number of carbonyl (C=O) groups is 2. The van der Waals surface area contributed by atoms with E-state index in [2.05, 4.69) is 26.0 Å². The van der Waals surface area contributed by atoms with Crippen LogP contribution in [-0.4, -0.2) is 30.5 Å². The van der Waals surface area contributed by atoms with Gasteiger partial charge >= 0.3 is 5.97 Å². The molecule has 0 unspecified atom stereocenters. The summed E-state index contributed by atoms with van der Waals surface area (Å²) in [7, 11) is 1.33. The molecule has 0 aliphatic carbocycles. The molecular formula is C23H23N3O3. The Labute approximate surface area is 170 Å². The van der Waals surface area contributed by atoms with E-state index in [-0.39, 0.29) is 5.91 Å². The van der Waals surface area contributed by atoms with Crippen LogP contribution in [0.5, 0.6) is 0 Å². The molecule has 3 aromatic rings. The zero-order valence-electron chi connectivity index (χ0n) is 16.7. The van der Waals surface area contributed by atoms with Gasteiger partial charge in [-0.1, -0.05) is 12.1 Å². The molecule has 1 heterocycles. The van der Waals surface area contributed by atoms with Crippen molar-refractivity contribution in [2.24, 2.45) is 0 Å². The molecule has 0 aliphatic rings. The van der Waals surface area contributed by atoms with Gasteiger partial charge in [0, 0.05) is 29.7 Å². The van der Waals surface area contributed by atoms with Gasteiger partial charge in [-0.2, -0.15) is 0 Å². The van der Waals surface area contributed by atoms with Crippen molar-refractivity contribution in [1.82, 2.24) is 4.98 Å². The van der Waals surface area contributed by atoms with Gasteiger partial charge in [0.25, 0.3) is 5.91 Å². The topological polar surface area (TPSA) is 71.5 Å². The summed E-state index contributed by atoms with van der Waals surface area (Å²) in [5.74, 6) is 0.0315. The first-order valence-electron chi connectivity index (χ1n) is 9.32. The number of benzene rings is 2. The van der Waals surface area contributed by atoms with Crippen LogP contribution in [0.15, 0.2) is 66.9 Å². The van der Waals surface area contributed by atoms with Crippen LogP contribution in [0.4, 0.5) is 17.2 Å². The summed E-state index contributed by atoms with van der Waals surface area (Å²) in [6.07, 6.45) is 1.63. The van der Waals surface area contributed by atoms with Crippen LogP contribution in [0.2, 0.25) is 0 Å². The number of carbonyl (C=O) groups excluding carboxylic acids is 2. The number of ether oxygens (including phenoxy) is 1. The minimum absolute atomic E-state index is 0.250. The first kappa shape index (κ1) is 20.1. The van der Waals surface area contributed by atoms with Crippen molar-refractivity contribution in [2.45, 2.75) is 13.8 Å². The van der Waals surface area contributed by atoms with Crippen LogP contribution in [0, 0.1) is 6.92 Å². The van der Waals surface area contributed by atoms with Gasteiger partial charge in [0.2, 0.25) is 0 Å². The van der Waals surface area contributed by atoms with Gasteiger partial charge in [-0.15, -0.1) is 0 Å². The average Bonchev–Trinajstić information content (AvgIpc) is 2.74. The Hall–Kier alpha value is -3.67. The molecular weight excluding hydrogens is 366 g/mol. The molecule has 0 saturated carbocycles. The molecule has 148 valence electrons. The van der Waals surface area contributed by atoms with Crippen molar-refractivity contribution in [3.05, 3.63) is 83.6 Å². The van der Waals surface area contributed by atoms with Gasteiger partial charge < -0.3 is 15.0 Å². The number of esters is 1. The molecule has 1 amide bonds. The summed E-state index contributed by atoms with van der Waals surface area (Å²) in [5.41, 5.74) is 3.69. The third kappa shape index (κ3) is 4.79. The lowest BCUT2D eigenvalue weighted by atomic mass is 10.1. The molecule has 1 N–H and O–H groups in total. The molecule has 0 atom stereocenters. The number of anilines is 3. The summed E-state index contributed by atoms with van der Waals surface area (Å²) >= 11 is 0. The number of amides is 1. The Morgan fingerprint density at radius 2 is 1.79 bits per heavy atom. The molecule has 0 saturated heterocycles. The van der Waals surface area contributed by atoms with Crippen LogP contribution in [0.1, 0.15) is 33.2 Å². The molecule has 0 aliphatic heterocycles. The number of rotatable bonds is 6. The van der Waals surface area contributed by atoms with Crippen molar-refractivity contribution in [2.75, 3.05) is 23.9 Å². The Balaban J connectivity index is 1.79. The Kier molecular flexibility index (Phi) is 6.24. The fourth-order valence-corrected chi connectivity index (χ4v) is 2.99. The van der Waals surface area contributed by atoms with E-state index in [1.54, 1.807) is 42.6 Å². The van der Waals surface area contributed by atoms with Crippen LogP contribution < -0.4 is 10.2 Å². The summed E-state index contributed by atoms with van der Waals surface area (Å²) in [4.78, 5) is 30.7. The average molecular weight is 389 g/mol. The third-order valence-electron chi connectivity index (χ3n) is 4.48. The predicted molar refractivity (Wildman–Crippen MR) is 114 cm³/mol. The number of aryl methyl sites for hydroxylation is 1. The van der Waals surface area contributed by atoms with Crippen LogP contribution >= 0.6 is 0 Å². The highest BCUT2D eigenvalue weighted by molar-refractivity contribution is 6.05. The van der Waals surface area contributed by atoms with E-state index in [4.69, 9.17) is 0 Å². The molecule has 0 radical (unpaired) electrons. The maximum Gasteiger partial charge on any atom is 0.337 e. The quantitative estimate of drug-likeness (QED) is 0.625. The first-order valence-corrected chi connectivity index (χ1v) is 9.32. The monoisotopic (exact) mass is 389 g/mol. The summed E-state index contributed by atoms with van der Waals surface area (Å²) < 4.78 is 4.68. The van der Waals surface area contributed by atoms with Gasteiger partial charge in [-0.3, -0.25) is 4.79 Å². The molecule has 2 aromatic carbocycles. The number of methoxy groups -OCH3 is 1.